The normalized spacial score (nSPS) is 10.6. The first-order valence-electron chi connectivity index (χ1n) is 8.59. The van der Waals surface area contributed by atoms with Crippen LogP contribution in [-0.4, -0.2) is 35.4 Å². The second-order valence-electron chi connectivity index (χ2n) is 6.47. The molecule has 3 rings (SSSR count). The molecule has 0 saturated heterocycles. The lowest BCUT2D eigenvalue weighted by molar-refractivity contribution is 0.0991. The molecule has 8 nitrogen and oxygen atoms in total. The van der Waals surface area contributed by atoms with Crippen LogP contribution in [-0.2, 0) is 12.8 Å². The number of benzene rings is 2. The van der Waals surface area contributed by atoms with Gasteiger partial charge >= 0.3 is 0 Å². The number of nitrogens with zero attached hydrogens (tertiary/aromatic N) is 2. The number of primary amides is 1. The number of nitrogens with two attached hydrogens (primary N) is 1. The van der Waals surface area contributed by atoms with Crippen LogP contribution in [0.3, 0.4) is 0 Å². The quantitative estimate of drug-likeness (QED) is 0.573. The lowest BCUT2D eigenvalue weighted by atomic mass is 10.1. The standard InChI is InChI=1S/C20H21N3O5/c1-23(2)12-3-5-14(6-4-12)27-19-10-13(24)9-18(25)16(19)8-7-15-11-17(20(21)26)22-28-15/h3-6,9-11,24-25H,7-8H2,1-2H3,(H2,21,26). The molecule has 0 radical (unpaired) electrons. The second kappa shape index (κ2) is 7.91. The van der Waals surface area contributed by atoms with E-state index in [0.717, 1.165) is 5.69 Å². The van der Waals surface area contributed by atoms with Gasteiger partial charge in [0.05, 0.1) is 0 Å². The van der Waals surface area contributed by atoms with Crippen LogP contribution in [0.25, 0.3) is 0 Å². The summed E-state index contributed by atoms with van der Waals surface area (Å²) in [4.78, 5) is 13.1. The average Bonchev–Trinajstić information content (AvgIpc) is 3.10. The van der Waals surface area contributed by atoms with Crippen molar-refractivity contribution in [2.45, 2.75) is 12.8 Å². The van der Waals surface area contributed by atoms with E-state index in [4.69, 9.17) is 15.0 Å². The van der Waals surface area contributed by atoms with E-state index < -0.39 is 5.91 Å². The van der Waals surface area contributed by atoms with E-state index in [-0.39, 0.29) is 17.2 Å². The molecule has 28 heavy (non-hydrogen) atoms. The van der Waals surface area contributed by atoms with Crippen LogP contribution < -0.4 is 15.4 Å². The highest BCUT2D eigenvalue weighted by Gasteiger charge is 2.15. The molecule has 3 aromatic rings. The van der Waals surface area contributed by atoms with Gasteiger partial charge in [-0.05, 0) is 30.7 Å². The fourth-order valence-corrected chi connectivity index (χ4v) is 2.69. The van der Waals surface area contributed by atoms with Crippen LogP contribution in [0.2, 0.25) is 0 Å². The second-order valence-corrected chi connectivity index (χ2v) is 6.47. The van der Waals surface area contributed by atoms with Gasteiger partial charge < -0.3 is 30.1 Å². The van der Waals surface area contributed by atoms with E-state index in [0.29, 0.717) is 35.7 Å². The molecular weight excluding hydrogens is 362 g/mol. The maximum absolute atomic E-state index is 11.1. The Morgan fingerprint density at radius 3 is 2.46 bits per heavy atom. The summed E-state index contributed by atoms with van der Waals surface area (Å²) in [6, 6.07) is 11.5. The number of phenolic OH excluding ortho intramolecular Hbond substituents is 2. The van der Waals surface area contributed by atoms with E-state index >= 15 is 0 Å². The number of rotatable bonds is 7. The van der Waals surface area contributed by atoms with Gasteiger partial charge in [0.1, 0.15) is 28.8 Å². The van der Waals surface area contributed by atoms with Crippen LogP contribution in [0.15, 0.2) is 47.0 Å². The van der Waals surface area contributed by atoms with Crippen molar-refractivity contribution in [3.63, 3.8) is 0 Å². The molecule has 0 saturated carbocycles. The fraction of sp³-hybridized carbons (Fsp3) is 0.200. The van der Waals surface area contributed by atoms with E-state index in [1.165, 1.54) is 18.2 Å². The summed E-state index contributed by atoms with van der Waals surface area (Å²) in [5.74, 6) is 0.443. The molecule has 0 aliphatic carbocycles. The number of carbonyl (C=O) groups excluding carboxylic acids is 1. The molecule has 0 atom stereocenters. The highest BCUT2D eigenvalue weighted by molar-refractivity contribution is 5.90. The summed E-state index contributed by atoms with van der Waals surface area (Å²) in [5.41, 5.74) is 6.71. The molecule has 0 spiro atoms. The van der Waals surface area contributed by atoms with Gasteiger partial charge in [-0.25, -0.2) is 0 Å². The molecule has 146 valence electrons. The lowest BCUT2D eigenvalue weighted by Gasteiger charge is -2.15. The molecule has 2 aromatic carbocycles. The molecule has 4 N–H and O–H groups in total. The topological polar surface area (TPSA) is 122 Å². The maximum Gasteiger partial charge on any atom is 0.270 e. The van der Waals surface area contributed by atoms with Crippen molar-refractivity contribution in [2.24, 2.45) is 5.73 Å². The molecule has 0 bridgehead atoms. The number of amides is 1. The molecule has 1 aromatic heterocycles. The number of aromatic nitrogens is 1. The zero-order valence-electron chi connectivity index (χ0n) is 15.5. The molecule has 0 fully saturated rings. The van der Waals surface area contributed by atoms with Gasteiger partial charge in [0.25, 0.3) is 5.91 Å². The SMILES string of the molecule is CN(C)c1ccc(Oc2cc(O)cc(O)c2CCc2cc(C(N)=O)no2)cc1. The molecule has 0 unspecified atom stereocenters. The molecule has 0 aliphatic heterocycles. The van der Waals surface area contributed by atoms with E-state index in [1.54, 1.807) is 12.1 Å². The Balaban J connectivity index is 1.81. The molecular formula is C20H21N3O5. The maximum atomic E-state index is 11.1. The Kier molecular flexibility index (Phi) is 5.39. The Labute approximate surface area is 161 Å². The van der Waals surface area contributed by atoms with Crippen molar-refractivity contribution in [2.75, 3.05) is 19.0 Å². The first kappa shape index (κ1) is 19.1. The summed E-state index contributed by atoms with van der Waals surface area (Å²) in [6.45, 7) is 0. The van der Waals surface area contributed by atoms with Crippen LogP contribution in [0, 0.1) is 0 Å². The number of phenols is 2. The molecule has 1 amide bonds. The van der Waals surface area contributed by atoms with Gasteiger partial charge in [0.2, 0.25) is 0 Å². The number of carbonyl (C=O) groups is 1. The van der Waals surface area contributed by atoms with Crippen molar-refractivity contribution in [3.8, 4) is 23.0 Å². The highest BCUT2D eigenvalue weighted by atomic mass is 16.5. The third kappa shape index (κ3) is 4.35. The largest absolute Gasteiger partial charge is 0.508 e. The minimum Gasteiger partial charge on any atom is -0.508 e. The van der Waals surface area contributed by atoms with Gasteiger partial charge in [0.15, 0.2) is 5.69 Å². The van der Waals surface area contributed by atoms with Crippen molar-refractivity contribution in [1.82, 2.24) is 5.16 Å². The van der Waals surface area contributed by atoms with Gasteiger partial charge in [-0.3, -0.25) is 4.79 Å². The van der Waals surface area contributed by atoms with Crippen molar-refractivity contribution < 1.29 is 24.3 Å². The summed E-state index contributed by atoms with van der Waals surface area (Å²) in [7, 11) is 3.88. The Morgan fingerprint density at radius 1 is 1.14 bits per heavy atom. The number of hydrogen-bond donors (Lipinski definition) is 3. The van der Waals surface area contributed by atoms with Crippen LogP contribution in [0.4, 0.5) is 5.69 Å². The molecule has 8 heteroatoms. The van der Waals surface area contributed by atoms with E-state index in [9.17, 15) is 15.0 Å². The molecule has 0 aliphatic rings. The highest BCUT2D eigenvalue weighted by Crippen LogP contribution is 2.36. The zero-order chi connectivity index (χ0) is 20.3. The van der Waals surface area contributed by atoms with E-state index in [1.807, 2.05) is 31.1 Å². The Morgan fingerprint density at radius 2 is 1.86 bits per heavy atom. The summed E-state index contributed by atoms with van der Waals surface area (Å²) < 4.78 is 11.0. The monoisotopic (exact) mass is 383 g/mol. The van der Waals surface area contributed by atoms with Crippen molar-refractivity contribution in [3.05, 3.63) is 59.5 Å². The minimum absolute atomic E-state index is 0.0439. The predicted octanol–water partition coefficient (Wildman–Crippen LogP) is 2.83. The first-order valence-corrected chi connectivity index (χ1v) is 8.59. The fourth-order valence-electron chi connectivity index (χ4n) is 2.69. The Hall–Kier alpha value is -3.68. The number of anilines is 1. The number of ether oxygens (including phenoxy) is 1. The average molecular weight is 383 g/mol. The van der Waals surface area contributed by atoms with Crippen LogP contribution in [0.1, 0.15) is 21.8 Å². The smallest absolute Gasteiger partial charge is 0.270 e. The number of hydrogen-bond acceptors (Lipinski definition) is 7. The number of aromatic hydroxyl groups is 2. The third-order valence-corrected chi connectivity index (χ3v) is 4.18. The lowest BCUT2D eigenvalue weighted by Crippen LogP contribution is -2.10. The first-order chi connectivity index (χ1) is 13.3. The van der Waals surface area contributed by atoms with Crippen LogP contribution >= 0.6 is 0 Å². The van der Waals surface area contributed by atoms with Gasteiger partial charge in [-0.1, -0.05) is 5.16 Å². The third-order valence-electron chi connectivity index (χ3n) is 4.18. The minimum atomic E-state index is -0.673. The van der Waals surface area contributed by atoms with E-state index in [2.05, 4.69) is 5.16 Å². The van der Waals surface area contributed by atoms with Gasteiger partial charge in [-0.2, -0.15) is 0 Å². The summed E-state index contributed by atoms with van der Waals surface area (Å²) in [5, 5.41) is 23.7. The van der Waals surface area contributed by atoms with Gasteiger partial charge in [-0.15, -0.1) is 0 Å². The summed E-state index contributed by atoms with van der Waals surface area (Å²) >= 11 is 0. The Bertz CT molecular complexity index is 980. The predicted molar refractivity (Wildman–Crippen MR) is 103 cm³/mol. The molecule has 1 heterocycles. The number of aryl methyl sites for hydroxylation is 1. The zero-order valence-corrected chi connectivity index (χ0v) is 15.5. The summed E-state index contributed by atoms with van der Waals surface area (Å²) in [6.07, 6.45) is 0.694. The van der Waals surface area contributed by atoms with Crippen molar-refractivity contribution >= 4 is 11.6 Å². The van der Waals surface area contributed by atoms with Crippen molar-refractivity contribution in [1.29, 1.82) is 0 Å². The van der Waals surface area contributed by atoms with Gasteiger partial charge in [0, 0.05) is 50.0 Å². The van der Waals surface area contributed by atoms with Crippen LogP contribution in [0.5, 0.6) is 23.0 Å².